The van der Waals surface area contributed by atoms with Crippen LogP contribution < -0.4 is 5.32 Å². The van der Waals surface area contributed by atoms with Crippen molar-refractivity contribution in [2.45, 2.75) is 50.7 Å². The maximum Gasteiger partial charge on any atom is 0.391 e. The van der Waals surface area contributed by atoms with Crippen LogP contribution in [0, 0.1) is 11.8 Å². The first-order valence-electron chi connectivity index (χ1n) is 7.89. The van der Waals surface area contributed by atoms with Gasteiger partial charge in [-0.25, -0.2) is 12.7 Å². The number of amides is 1. The van der Waals surface area contributed by atoms with E-state index in [0.29, 0.717) is 25.7 Å². The zero-order valence-electron chi connectivity index (χ0n) is 13.1. The van der Waals surface area contributed by atoms with E-state index in [2.05, 4.69) is 5.32 Å². The normalized spacial score (nSPS) is 28.5. The molecule has 0 aromatic heterocycles. The highest BCUT2D eigenvalue weighted by Gasteiger charge is 2.42. The molecule has 0 radical (unpaired) electrons. The monoisotopic (exact) mass is 356 g/mol. The van der Waals surface area contributed by atoms with E-state index in [1.165, 1.54) is 4.31 Å². The van der Waals surface area contributed by atoms with Crippen LogP contribution in [0.3, 0.4) is 0 Å². The van der Waals surface area contributed by atoms with Gasteiger partial charge < -0.3 is 5.32 Å². The van der Waals surface area contributed by atoms with Crippen molar-refractivity contribution in [3.05, 3.63) is 0 Å². The average Bonchev–Trinajstić information content (AvgIpc) is 2.46. The van der Waals surface area contributed by atoms with Crippen molar-refractivity contribution in [2.24, 2.45) is 11.8 Å². The molecule has 1 N–H and O–H groups in total. The lowest BCUT2D eigenvalue weighted by Crippen LogP contribution is -2.47. The van der Waals surface area contributed by atoms with Crippen LogP contribution >= 0.6 is 0 Å². The Hall–Kier alpha value is -0.830. The standard InChI is InChI=1S/C14H23F3N2O3S/c1-23(21,22)19-7-5-10(6-8-19)13(20)18-12-4-2-3-11(9-12)14(15,16)17/h10-12H,2-9H2,1H3,(H,18,20). The molecular weight excluding hydrogens is 333 g/mol. The molecule has 0 bridgehead atoms. The third-order valence-electron chi connectivity index (χ3n) is 4.78. The lowest BCUT2D eigenvalue weighted by Gasteiger charge is -2.33. The van der Waals surface area contributed by atoms with Gasteiger partial charge in [-0.15, -0.1) is 0 Å². The molecule has 2 atom stereocenters. The van der Waals surface area contributed by atoms with E-state index in [1.54, 1.807) is 0 Å². The summed E-state index contributed by atoms with van der Waals surface area (Å²) in [7, 11) is -3.25. The fraction of sp³-hybridized carbons (Fsp3) is 0.929. The van der Waals surface area contributed by atoms with Gasteiger partial charge in [0.2, 0.25) is 15.9 Å². The van der Waals surface area contributed by atoms with Gasteiger partial charge in [-0.1, -0.05) is 6.42 Å². The van der Waals surface area contributed by atoms with E-state index in [4.69, 9.17) is 0 Å². The van der Waals surface area contributed by atoms with Crippen LogP contribution in [-0.2, 0) is 14.8 Å². The first-order chi connectivity index (χ1) is 10.6. The Bertz CT molecular complexity index is 528. The molecule has 1 heterocycles. The Morgan fingerprint density at radius 3 is 2.26 bits per heavy atom. The van der Waals surface area contributed by atoms with Crippen LogP contribution in [0.1, 0.15) is 38.5 Å². The number of halogens is 3. The molecule has 1 saturated carbocycles. The molecule has 0 aromatic rings. The molecule has 9 heteroatoms. The molecule has 2 fully saturated rings. The van der Waals surface area contributed by atoms with Crippen LogP contribution in [0.4, 0.5) is 13.2 Å². The minimum atomic E-state index is -4.20. The number of carbonyl (C=O) groups excluding carboxylic acids is 1. The molecule has 0 spiro atoms. The summed E-state index contributed by atoms with van der Waals surface area (Å²) in [6.07, 6.45) is -1.15. The Labute approximate surface area is 134 Å². The number of alkyl halides is 3. The van der Waals surface area contributed by atoms with Gasteiger partial charge in [0.25, 0.3) is 0 Å². The second kappa shape index (κ2) is 6.96. The van der Waals surface area contributed by atoms with E-state index < -0.39 is 28.2 Å². The molecule has 1 saturated heterocycles. The summed E-state index contributed by atoms with van der Waals surface area (Å²) in [6, 6.07) is -0.434. The number of carbonyl (C=O) groups is 1. The number of nitrogens with one attached hydrogen (secondary N) is 1. The Morgan fingerprint density at radius 1 is 1.13 bits per heavy atom. The highest BCUT2D eigenvalue weighted by atomic mass is 32.2. The minimum absolute atomic E-state index is 0.0581. The molecule has 1 aliphatic carbocycles. The SMILES string of the molecule is CS(=O)(=O)N1CCC(C(=O)NC2CCCC(C(F)(F)F)C2)CC1. The van der Waals surface area contributed by atoms with E-state index in [0.717, 1.165) is 6.26 Å². The van der Waals surface area contributed by atoms with Gasteiger partial charge in [0.1, 0.15) is 0 Å². The lowest BCUT2D eigenvalue weighted by molar-refractivity contribution is -0.184. The zero-order chi connectivity index (χ0) is 17.3. The van der Waals surface area contributed by atoms with Crippen molar-refractivity contribution in [3.8, 4) is 0 Å². The number of hydrogen-bond donors (Lipinski definition) is 1. The van der Waals surface area contributed by atoms with Gasteiger partial charge in [-0.2, -0.15) is 13.2 Å². The molecule has 23 heavy (non-hydrogen) atoms. The fourth-order valence-corrected chi connectivity index (χ4v) is 4.26. The first kappa shape index (κ1) is 18.5. The molecule has 2 aliphatic rings. The summed E-state index contributed by atoms with van der Waals surface area (Å²) in [5.74, 6) is -1.90. The van der Waals surface area contributed by atoms with Crippen molar-refractivity contribution in [1.82, 2.24) is 9.62 Å². The molecule has 134 valence electrons. The lowest BCUT2D eigenvalue weighted by atomic mass is 9.84. The Balaban J connectivity index is 1.83. The second-order valence-corrected chi connectivity index (χ2v) is 8.53. The van der Waals surface area contributed by atoms with Crippen LogP contribution in [-0.4, -0.2) is 50.2 Å². The smallest absolute Gasteiger partial charge is 0.353 e. The van der Waals surface area contributed by atoms with Crippen molar-refractivity contribution < 1.29 is 26.4 Å². The molecular formula is C14H23F3N2O3S. The molecule has 5 nitrogen and oxygen atoms in total. The summed E-state index contributed by atoms with van der Waals surface area (Å²) < 4.78 is 62.5. The predicted molar refractivity (Wildman–Crippen MR) is 79.1 cm³/mol. The largest absolute Gasteiger partial charge is 0.391 e. The van der Waals surface area contributed by atoms with Gasteiger partial charge in [0.15, 0.2) is 0 Å². The Kier molecular flexibility index (Phi) is 5.60. The van der Waals surface area contributed by atoms with Gasteiger partial charge >= 0.3 is 6.18 Å². The molecule has 0 aromatic carbocycles. The van der Waals surface area contributed by atoms with Crippen LogP contribution in [0.2, 0.25) is 0 Å². The minimum Gasteiger partial charge on any atom is -0.353 e. The van der Waals surface area contributed by atoms with Crippen molar-refractivity contribution in [2.75, 3.05) is 19.3 Å². The first-order valence-corrected chi connectivity index (χ1v) is 9.74. The van der Waals surface area contributed by atoms with Gasteiger partial charge in [-0.05, 0) is 32.1 Å². The number of rotatable bonds is 3. The molecule has 1 aliphatic heterocycles. The summed E-state index contributed by atoms with van der Waals surface area (Å²) in [5.41, 5.74) is 0. The van der Waals surface area contributed by atoms with Crippen LogP contribution in [0.25, 0.3) is 0 Å². The van der Waals surface area contributed by atoms with Crippen LogP contribution in [0.5, 0.6) is 0 Å². The van der Waals surface area contributed by atoms with Gasteiger partial charge in [0.05, 0.1) is 12.2 Å². The summed E-state index contributed by atoms with van der Waals surface area (Å²) in [6.45, 7) is 0.569. The highest BCUT2D eigenvalue weighted by molar-refractivity contribution is 7.88. The maximum absolute atomic E-state index is 12.8. The third-order valence-corrected chi connectivity index (χ3v) is 6.08. The number of piperidine rings is 1. The van der Waals surface area contributed by atoms with Crippen LogP contribution in [0.15, 0.2) is 0 Å². The summed E-state index contributed by atoms with van der Waals surface area (Å²) >= 11 is 0. The average molecular weight is 356 g/mol. The van der Waals surface area contributed by atoms with Crippen molar-refractivity contribution in [1.29, 1.82) is 0 Å². The van der Waals surface area contributed by atoms with Gasteiger partial charge in [-0.3, -0.25) is 4.79 Å². The fourth-order valence-electron chi connectivity index (χ4n) is 3.39. The quantitative estimate of drug-likeness (QED) is 0.840. The molecule has 2 unspecified atom stereocenters. The van der Waals surface area contributed by atoms with Gasteiger partial charge in [0, 0.05) is 25.0 Å². The van der Waals surface area contributed by atoms with Crippen molar-refractivity contribution in [3.63, 3.8) is 0 Å². The van der Waals surface area contributed by atoms with E-state index in [9.17, 15) is 26.4 Å². The number of sulfonamides is 1. The molecule has 2 rings (SSSR count). The van der Waals surface area contributed by atoms with E-state index in [-0.39, 0.29) is 37.8 Å². The Morgan fingerprint density at radius 2 is 1.74 bits per heavy atom. The summed E-state index contributed by atoms with van der Waals surface area (Å²) in [4.78, 5) is 12.2. The highest BCUT2D eigenvalue weighted by Crippen LogP contribution is 2.37. The van der Waals surface area contributed by atoms with Crippen molar-refractivity contribution >= 4 is 15.9 Å². The van der Waals surface area contributed by atoms with E-state index >= 15 is 0 Å². The topological polar surface area (TPSA) is 66.5 Å². The third kappa shape index (κ3) is 5.07. The number of nitrogens with zero attached hydrogens (tertiary/aromatic N) is 1. The summed E-state index contributed by atoms with van der Waals surface area (Å²) in [5, 5.41) is 2.74. The molecule has 1 amide bonds. The second-order valence-electron chi connectivity index (χ2n) is 6.55. The predicted octanol–water partition coefficient (Wildman–Crippen LogP) is 1.90. The van der Waals surface area contributed by atoms with E-state index in [1.807, 2.05) is 0 Å². The number of hydrogen-bond acceptors (Lipinski definition) is 3. The maximum atomic E-state index is 12.8. The zero-order valence-corrected chi connectivity index (χ0v) is 13.9.